The van der Waals surface area contributed by atoms with Crippen LogP contribution in [0.4, 0.5) is 0 Å². The summed E-state index contributed by atoms with van der Waals surface area (Å²) in [5.41, 5.74) is 0. The van der Waals surface area contributed by atoms with Crippen LogP contribution in [0.15, 0.2) is 0 Å². The molecule has 3 heteroatoms. The van der Waals surface area contributed by atoms with Crippen LogP contribution in [0.2, 0.25) is 0 Å². The molecule has 0 aliphatic heterocycles. The summed E-state index contributed by atoms with van der Waals surface area (Å²) in [5, 5.41) is 0. The number of aldehydes is 1. The van der Waals surface area contributed by atoms with Crippen LogP contribution in [0, 0.1) is 5.92 Å². The Labute approximate surface area is 78.1 Å². The molecule has 66 valence electrons. The van der Waals surface area contributed by atoms with E-state index in [-0.39, 0.29) is 5.92 Å². The Bertz CT molecular complexity index is 123. The molecule has 0 N–H and O–H groups in total. The number of alkyl halides is 2. The first-order valence-electron chi connectivity index (χ1n) is 3.92. The zero-order valence-corrected chi connectivity index (χ0v) is 8.45. The number of carbonyl (C=O) groups is 1. The summed E-state index contributed by atoms with van der Waals surface area (Å²) in [5.74, 6) is 0.0910. The van der Waals surface area contributed by atoms with Crippen LogP contribution in [0.1, 0.15) is 33.1 Å². The predicted octanol–water partition coefficient (Wildman–Crippen LogP) is 3.19. The largest absolute Gasteiger partial charge is 0.300 e. The van der Waals surface area contributed by atoms with Crippen LogP contribution in [0.25, 0.3) is 0 Å². The van der Waals surface area contributed by atoms with Gasteiger partial charge in [0.05, 0.1) is 0 Å². The molecular weight excluding hydrogens is 183 g/mol. The normalized spacial score (nSPS) is 14.5. The molecule has 0 saturated carbocycles. The van der Waals surface area contributed by atoms with E-state index >= 15 is 0 Å². The monoisotopic (exact) mass is 196 g/mol. The second-order valence-electron chi connectivity index (χ2n) is 2.69. The van der Waals surface area contributed by atoms with Gasteiger partial charge in [-0.3, -0.25) is 0 Å². The third-order valence-electron chi connectivity index (χ3n) is 1.83. The fourth-order valence-corrected chi connectivity index (χ4v) is 1.64. The fraction of sp³-hybridized carbons (Fsp3) is 0.875. The van der Waals surface area contributed by atoms with E-state index in [1.54, 1.807) is 0 Å². The number of hydrogen-bond donors (Lipinski definition) is 0. The summed E-state index contributed by atoms with van der Waals surface area (Å²) in [6, 6.07) is 0. The number of carbonyl (C=O) groups excluding carboxylic acids is 1. The second-order valence-corrected chi connectivity index (χ2v) is 4.13. The number of halogens is 2. The van der Waals surface area contributed by atoms with Gasteiger partial charge in [-0.25, -0.2) is 0 Å². The van der Waals surface area contributed by atoms with Crippen molar-refractivity contribution < 1.29 is 4.79 Å². The molecule has 0 radical (unpaired) electrons. The van der Waals surface area contributed by atoms with Crippen LogP contribution < -0.4 is 0 Å². The molecule has 1 unspecified atom stereocenters. The Morgan fingerprint density at radius 3 is 2.27 bits per heavy atom. The molecule has 1 atom stereocenters. The Balaban J connectivity index is 4.10. The Morgan fingerprint density at radius 2 is 2.00 bits per heavy atom. The Kier molecular flexibility index (Phi) is 5.11. The van der Waals surface area contributed by atoms with Crippen molar-refractivity contribution in [3.05, 3.63) is 0 Å². The molecule has 1 nitrogen and oxygen atoms in total. The standard InChI is InChI=1S/C8H14Cl2O/c1-3-5-7(4-2)8(9,10)6-11/h6-7H,3-5H2,1-2H3. The lowest BCUT2D eigenvalue weighted by molar-refractivity contribution is -0.109. The molecule has 0 aromatic rings. The van der Waals surface area contributed by atoms with Crippen molar-refractivity contribution in [2.75, 3.05) is 0 Å². The summed E-state index contributed by atoms with van der Waals surface area (Å²) in [4.78, 5) is 10.4. The van der Waals surface area contributed by atoms with E-state index in [9.17, 15) is 4.79 Å². The topological polar surface area (TPSA) is 17.1 Å². The maximum atomic E-state index is 10.4. The zero-order valence-electron chi connectivity index (χ0n) is 6.94. The van der Waals surface area contributed by atoms with Gasteiger partial charge in [0.1, 0.15) is 0 Å². The first-order chi connectivity index (χ1) is 5.08. The highest BCUT2D eigenvalue weighted by molar-refractivity contribution is 6.55. The highest BCUT2D eigenvalue weighted by Gasteiger charge is 2.32. The highest BCUT2D eigenvalue weighted by Crippen LogP contribution is 2.33. The summed E-state index contributed by atoms with van der Waals surface area (Å²) in [6.45, 7) is 4.04. The van der Waals surface area contributed by atoms with Crippen LogP contribution in [-0.4, -0.2) is 10.6 Å². The Hall–Kier alpha value is 0.250. The molecule has 0 aliphatic rings. The molecule has 0 rings (SSSR count). The molecule has 0 bridgehead atoms. The van der Waals surface area contributed by atoms with Gasteiger partial charge in [-0.1, -0.05) is 49.9 Å². The van der Waals surface area contributed by atoms with Crippen LogP contribution in [0.3, 0.4) is 0 Å². The molecule has 0 spiro atoms. The molecule has 0 fully saturated rings. The Morgan fingerprint density at radius 1 is 1.45 bits per heavy atom. The lowest BCUT2D eigenvalue weighted by Gasteiger charge is -2.22. The van der Waals surface area contributed by atoms with E-state index in [1.807, 2.05) is 6.92 Å². The van der Waals surface area contributed by atoms with Crippen molar-refractivity contribution >= 4 is 29.5 Å². The zero-order chi connectivity index (χ0) is 8.91. The second kappa shape index (κ2) is 5.00. The smallest absolute Gasteiger partial charge is 0.175 e. The van der Waals surface area contributed by atoms with Crippen molar-refractivity contribution in [3.8, 4) is 0 Å². The van der Waals surface area contributed by atoms with E-state index in [0.29, 0.717) is 6.29 Å². The van der Waals surface area contributed by atoms with Gasteiger partial charge in [-0.15, -0.1) is 0 Å². The quantitative estimate of drug-likeness (QED) is 0.488. The van der Waals surface area contributed by atoms with Crippen LogP contribution in [0.5, 0.6) is 0 Å². The van der Waals surface area contributed by atoms with Gasteiger partial charge in [-0.05, 0) is 12.3 Å². The molecule has 11 heavy (non-hydrogen) atoms. The van der Waals surface area contributed by atoms with Crippen molar-refractivity contribution in [1.82, 2.24) is 0 Å². The minimum absolute atomic E-state index is 0.0910. The van der Waals surface area contributed by atoms with Gasteiger partial charge in [-0.2, -0.15) is 0 Å². The van der Waals surface area contributed by atoms with Crippen LogP contribution in [-0.2, 0) is 4.79 Å². The van der Waals surface area contributed by atoms with E-state index in [4.69, 9.17) is 23.2 Å². The first kappa shape index (κ1) is 11.2. The third kappa shape index (κ3) is 3.44. The highest BCUT2D eigenvalue weighted by atomic mass is 35.5. The van der Waals surface area contributed by atoms with E-state index in [1.165, 1.54) is 0 Å². The summed E-state index contributed by atoms with van der Waals surface area (Å²) in [7, 11) is 0. The summed E-state index contributed by atoms with van der Waals surface area (Å²) in [6.07, 6.45) is 3.38. The van der Waals surface area contributed by atoms with Crippen molar-refractivity contribution in [2.24, 2.45) is 5.92 Å². The minimum atomic E-state index is -1.18. The van der Waals surface area contributed by atoms with Gasteiger partial charge in [0.25, 0.3) is 0 Å². The van der Waals surface area contributed by atoms with Gasteiger partial charge >= 0.3 is 0 Å². The lowest BCUT2D eigenvalue weighted by atomic mass is 9.97. The fourth-order valence-electron chi connectivity index (χ4n) is 1.11. The molecule has 0 amide bonds. The van der Waals surface area contributed by atoms with Gasteiger partial charge < -0.3 is 4.79 Å². The number of rotatable bonds is 5. The minimum Gasteiger partial charge on any atom is -0.300 e. The van der Waals surface area contributed by atoms with Crippen molar-refractivity contribution in [2.45, 2.75) is 37.4 Å². The molecule has 0 heterocycles. The molecule has 0 saturated heterocycles. The van der Waals surface area contributed by atoms with Gasteiger partial charge in [0.15, 0.2) is 10.6 Å². The third-order valence-corrected chi connectivity index (χ3v) is 2.63. The maximum Gasteiger partial charge on any atom is 0.175 e. The molecule has 0 aliphatic carbocycles. The lowest BCUT2D eigenvalue weighted by Crippen LogP contribution is -2.26. The predicted molar refractivity (Wildman–Crippen MR) is 49.2 cm³/mol. The number of hydrogen-bond acceptors (Lipinski definition) is 1. The maximum absolute atomic E-state index is 10.4. The first-order valence-corrected chi connectivity index (χ1v) is 4.68. The van der Waals surface area contributed by atoms with Crippen LogP contribution >= 0.6 is 23.2 Å². The summed E-state index contributed by atoms with van der Waals surface area (Å²) < 4.78 is -1.18. The SMILES string of the molecule is CCCC(CC)C(Cl)(Cl)C=O. The van der Waals surface area contributed by atoms with E-state index in [2.05, 4.69) is 6.92 Å². The molecule has 0 aromatic heterocycles. The average Bonchev–Trinajstić information content (AvgIpc) is 2.00. The van der Waals surface area contributed by atoms with E-state index < -0.39 is 4.33 Å². The van der Waals surface area contributed by atoms with Crippen molar-refractivity contribution in [3.63, 3.8) is 0 Å². The summed E-state index contributed by atoms with van der Waals surface area (Å²) >= 11 is 11.5. The van der Waals surface area contributed by atoms with Gasteiger partial charge in [0, 0.05) is 0 Å². The van der Waals surface area contributed by atoms with Crippen molar-refractivity contribution in [1.29, 1.82) is 0 Å². The van der Waals surface area contributed by atoms with E-state index in [0.717, 1.165) is 19.3 Å². The molecular formula is C8H14Cl2O. The average molecular weight is 197 g/mol. The molecule has 0 aromatic carbocycles. The van der Waals surface area contributed by atoms with Gasteiger partial charge in [0.2, 0.25) is 0 Å².